The second-order valence-electron chi connectivity index (χ2n) is 4.15. The molecule has 0 spiro atoms. The van der Waals surface area contributed by atoms with E-state index in [4.69, 9.17) is 0 Å². The number of sulfonamides is 1. The zero-order valence-electron chi connectivity index (χ0n) is 11.7. The number of aromatic nitrogens is 2. The summed E-state index contributed by atoms with van der Waals surface area (Å²) in [7, 11) is -3.74. The summed E-state index contributed by atoms with van der Waals surface area (Å²) in [6, 6.07) is -0.361. The number of amides is 4. The van der Waals surface area contributed by atoms with Gasteiger partial charge in [0.05, 0.1) is 6.26 Å². The molecule has 0 radical (unpaired) electrons. The molecule has 0 bridgehead atoms. The van der Waals surface area contributed by atoms with Gasteiger partial charge in [0.1, 0.15) is 0 Å². The second-order valence-corrected chi connectivity index (χ2v) is 6.05. The molecule has 21 heavy (non-hydrogen) atoms. The van der Waals surface area contributed by atoms with Gasteiger partial charge in [-0.25, -0.2) is 32.3 Å². The molecule has 0 aliphatic heterocycles. The summed E-state index contributed by atoms with van der Waals surface area (Å²) in [6.07, 6.45) is 4.94. The van der Waals surface area contributed by atoms with Crippen molar-refractivity contribution in [2.24, 2.45) is 0 Å². The lowest BCUT2D eigenvalue weighted by molar-refractivity contribution is 0.219. The predicted octanol–water partition coefficient (Wildman–Crippen LogP) is 0.780. The molecule has 1 heterocycles. The SMILES string of the molecule is CCCCN(C(=O)NC(=O)Nc1ncccn1)S(C)(=O)=O. The third-order valence-electron chi connectivity index (χ3n) is 2.35. The van der Waals surface area contributed by atoms with Gasteiger partial charge in [-0.2, -0.15) is 0 Å². The van der Waals surface area contributed by atoms with Crippen molar-refractivity contribution < 1.29 is 18.0 Å². The van der Waals surface area contributed by atoms with Crippen LogP contribution in [-0.2, 0) is 10.0 Å². The van der Waals surface area contributed by atoms with E-state index in [0.717, 1.165) is 6.26 Å². The Morgan fingerprint density at radius 2 is 1.90 bits per heavy atom. The first-order valence-electron chi connectivity index (χ1n) is 6.21. The molecule has 0 aromatic carbocycles. The van der Waals surface area contributed by atoms with Crippen LogP contribution in [0.25, 0.3) is 0 Å². The molecule has 0 unspecified atom stereocenters. The van der Waals surface area contributed by atoms with E-state index in [1.54, 1.807) is 6.07 Å². The molecule has 0 saturated heterocycles. The second kappa shape index (κ2) is 7.53. The van der Waals surface area contributed by atoms with Crippen molar-refractivity contribution in [1.82, 2.24) is 19.6 Å². The topological polar surface area (TPSA) is 121 Å². The van der Waals surface area contributed by atoms with Crippen LogP contribution in [-0.4, -0.2) is 47.6 Å². The molecule has 4 amide bonds. The van der Waals surface area contributed by atoms with Gasteiger partial charge < -0.3 is 0 Å². The Bertz CT molecular complexity index is 590. The Kier molecular flexibility index (Phi) is 6.03. The smallest absolute Gasteiger partial charge is 0.276 e. The zero-order chi connectivity index (χ0) is 15.9. The largest absolute Gasteiger partial charge is 0.339 e. The molecule has 1 aromatic heterocycles. The molecule has 2 N–H and O–H groups in total. The van der Waals surface area contributed by atoms with Gasteiger partial charge in [-0.3, -0.25) is 10.6 Å². The van der Waals surface area contributed by atoms with E-state index in [-0.39, 0.29) is 12.5 Å². The first-order chi connectivity index (χ1) is 9.84. The molecule has 0 aliphatic carbocycles. The van der Waals surface area contributed by atoms with Crippen LogP contribution in [0.4, 0.5) is 15.5 Å². The fourth-order valence-electron chi connectivity index (χ4n) is 1.38. The monoisotopic (exact) mass is 315 g/mol. The summed E-state index contributed by atoms with van der Waals surface area (Å²) in [4.78, 5) is 30.9. The lowest BCUT2D eigenvalue weighted by atomic mass is 10.3. The van der Waals surface area contributed by atoms with Crippen LogP contribution < -0.4 is 10.6 Å². The number of anilines is 1. The summed E-state index contributed by atoms with van der Waals surface area (Å²) < 4.78 is 23.7. The number of unbranched alkanes of at least 4 members (excludes halogenated alkanes) is 1. The fourth-order valence-corrected chi connectivity index (χ4v) is 2.18. The minimum absolute atomic E-state index is 0.00210. The quantitative estimate of drug-likeness (QED) is 0.828. The predicted molar refractivity (Wildman–Crippen MR) is 76.0 cm³/mol. The van der Waals surface area contributed by atoms with Crippen LogP contribution in [0.1, 0.15) is 19.8 Å². The number of nitrogens with zero attached hydrogens (tertiary/aromatic N) is 3. The summed E-state index contributed by atoms with van der Waals surface area (Å²) in [5.41, 5.74) is 0. The van der Waals surface area contributed by atoms with Crippen LogP contribution >= 0.6 is 0 Å². The van der Waals surface area contributed by atoms with Crippen molar-refractivity contribution in [3.63, 3.8) is 0 Å². The maximum atomic E-state index is 11.8. The van der Waals surface area contributed by atoms with Crippen molar-refractivity contribution in [1.29, 1.82) is 0 Å². The van der Waals surface area contributed by atoms with E-state index >= 15 is 0 Å². The summed E-state index contributed by atoms with van der Waals surface area (Å²) >= 11 is 0. The summed E-state index contributed by atoms with van der Waals surface area (Å²) in [5, 5.41) is 4.14. The van der Waals surface area contributed by atoms with Crippen LogP contribution in [0, 0.1) is 0 Å². The van der Waals surface area contributed by atoms with E-state index in [1.807, 2.05) is 12.2 Å². The van der Waals surface area contributed by atoms with Crippen molar-refractivity contribution in [2.45, 2.75) is 19.8 Å². The van der Waals surface area contributed by atoms with Gasteiger partial charge in [0, 0.05) is 18.9 Å². The van der Waals surface area contributed by atoms with Crippen molar-refractivity contribution in [2.75, 3.05) is 18.1 Å². The molecule has 1 aromatic rings. The van der Waals surface area contributed by atoms with Crippen molar-refractivity contribution in [3.05, 3.63) is 18.5 Å². The number of imide groups is 1. The van der Waals surface area contributed by atoms with Gasteiger partial charge in [0.25, 0.3) is 0 Å². The van der Waals surface area contributed by atoms with E-state index in [2.05, 4.69) is 15.3 Å². The fraction of sp³-hybridized carbons (Fsp3) is 0.455. The molecule has 0 saturated carbocycles. The standard InChI is InChI=1S/C11H17N5O4S/c1-3-4-8-16(21(2,19)20)11(18)15-10(17)14-9-12-6-5-7-13-9/h5-7H,3-4,8H2,1-2H3,(H2,12,13,14,15,17,18). The normalized spacial score (nSPS) is 10.8. The van der Waals surface area contributed by atoms with Gasteiger partial charge in [-0.05, 0) is 12.5 Å². The van der Waals surface area contributed by atoms with Crippen LogP contribution in [0.15, 0.2) is 18.5 Å². The van der Waals surface area contributed by atoms with Gasteiger partial charge in [-0.15, -0.1) is 0 Å². The van der Waals surface area contributed by atoms with E-state index in [9.17, 15) is 18.0 Å². The Labute approximate surface area is 122 Å². The highest BCUT2D eigenvalue weighted by atomic mass is 32.2. The molecule has 10 heteroatoms. The summed E-state index contributed by atoms with van der Waals surface area (Å²) in [6.45, 7) is 1.87. The molecular weight excluding hydrogens is 298 g/mol. The Morgan fingerprint density at radius 1 is 1.29 bits per heavy atom. The molecule has 0 atom stereocenters. The highest BCUT2D eigenvalue weighted by molar-refractivity contribution is 7.88. The minimum Gasteiger partial charge on any atom is -0.276 e. The number of carbonyl (C=O) groups is 2. The molecule has 116 valence electrons. The van der Waals surface area contributed by atoms with Crippen LogP contribution in [0.5, 0.6) is 0 Å². The lowest BCUT2D eigenvalue weighted by Crippen LogP contribution is -2.47. The maximum absolute atomic E-state index is 11.8. The third kappa shape index (κ3) is 5.73. The van der Waals surface area contributed by atoms with E-state index < -0.39 is 22.1 Å². The van der Waals surface area contributed by atoms with Crippen molar-refractivity contribution in [3.8, 4) is 0 Å². The molecule has 9 nitrogen and oxygen atoms in total. The number of rotatable bonds is 5. The Morgan fingerprint density at radius 3 is 2.43 bits per heavy atom. The van der Waals surface area contributed by atoms with Gasteiger partial charge in [0.15, 0.2) is 0 Å². The third-order valence-corrected chi connectivity index (χ3v) is 3.50. The average Bonchev–Trinajstić information content (AvgIpc) is 2.38. The number of urea groups is 2. The van der Waals surface area contributed by atoms with Gasteiger partial charge >= 0.3 is 12.1 Å². The highest BCUT2D eigenvalue weighted by Crippen LogP contribution is 2.02. The maximum Gasteiger partial charge on any atom is 0.339 e. The first-order valence-corrected chi connectivity index (χ1v) is 8.06. The Hall–Kier alpha value is -2.23. The van der Waals surface area contributed by atoms with Crippen LogP contribution in [0.2, 0.25) is 0 Å². The number of carbonyl (C=O) groups excluding carboxylic acids is 2. The number of hydrogen-bond acceptors (Lipinski definition) is 6. The van der Waals surface area contributed by atoms with Gasteiger partial charge in [0.2, 0.25) is 16.0 Å². The molecule has 0 aliphatic rings. The molecular formula is C11H17N5O4S. The molecule has 1 rings (SSSR count). The lowest BCUT2D eigenvalue weighted by Gasteiger charge is -2.19. The number of hydrogen-bond donors (Lipinski definition) is 2. The zero-order valence-corrected chi connectivity index (χ0v) is 12.6. The number of nitrogens with one attached hydrogen (secondary N) is 2. The van der Waals surface area contributed by atoms with E-state index in [0.29, 0.717) is 17.1 Å². The van der Waals surface area contributed by atoms with Crippen molar-refractivity contribution >= 4 is 28.0 Å². The van der Waals surface area contributed by atoms with E-state index in [1.165, 1.54) is 12.4 Å². The van der Waals surface area contributed by atoms with Gasteiger partial charge in [-0.1, -0.05) is 13.3 Å². The average molecular weight is 315 g/mol. The molecule has 0 fully saturated rings. The summed E-state index contributed by atoms with van der Waals surface area (Å²) in [5.74, 6) is 0.00210. The minimum atomic E-state index is -3.74. The Balaban J connectivity index is 2.66. The first kappa shape index (κ1) is 16.8. The van der Waals surface area contributed by atoms with Crippen LogP contribution in [0.3, 0.4) is 0 Å². The highest BCUT2D eigenvalue weighted by Gasteiger charge is 2.24.